The van der Waals surface area contributed by atoms with Crippen molar-refractivity contribution in [2.24, 2.45) is 0 Å². The van der Waals surface area contributed by atoms with Crippen LogP contribution in [0.25, 0.3) is 0 Å². The van der Waals surface area contributed by atoms with Crippen molar-refractivity contribution in [2.75, 3.05) is 17.6 Å². The molecule has 2 aromatic carbocycles. The van der Waals surface area contributed by atoms with Crippen molar-refractivity contribution in [1.29, 1.82) is 0 Å². The second-order valence-electron chi connectivity index (χ2n) is 5.69. The lowest BCUT2D eigenvalue weighted by atomic mass is 10.1. The number of nitrogens with one attached hydrogen (secondary N) is 2. The Bertz CT molecular complexity index is 823. The molecule has 0 radical (unpaired) electrons. The zero-order valence-electron chi connectivity index (χ0n) is 14.0. The van der Waals surface area contributed by atoms with Crippen LogP contribution in [0.2, 0.25) is 5.02 Å². The van der Waals surface area contributed by atoms with E-state index in [1.165, 1.54) is 0 Å². The van der Waals surface area contributed by atoms with E-state index in [0.29, 0.717) is 23.6 Å². The number of anilines is 1. The predicted octanol–water partition coefficient (Wildman–Crippen LogP) is 3.14. The number of hydrogen-bond donors (Lipinski definition) is 2. The van der Waals surface area contributed by atoms with Crippen molar-refractivity contribution >= 4 is 33.2 Å². The minimum atomic E-state index is -3.49. The van der Waals surface area contributed by atoms with Gasteiger partial charge in [-0.1, -0.05) is 48.0 Å². The van der Waals surface area contributed by atoms with E-state index in [-0.39, 0.29) is 12.3 Å². The number of carbonyl (C=O) groups excluding carboxylic acids is 1. The number of aryl methyl sites for hydroxylation is 1. The minimum absolute atomic E-state index is 0.0225. The third kappa shape index (κ3) is 6.49. The molecule has 0 spiro atoms. The molecule has 0 aromatic heterocycles. The average molecular weight is 381 g/mol. The number of carbonyl (C=O) groups is 1. The predicted molar refractivity (Wildman–Crippen MR) is 101 cm³/mol. The summed E-state index contributed by atoms with van der Waals surface area (Å²) in [4.78, 5) is 11.9. The largest absolute Gasteiger partial charge is 0.325 e. The van der Waals surface area contributed by atoms with Crippen LogP contribution in [0.4, 0.5) is 5.69 Å². The summed E-state index contributed by atoms with van der Waals surface area (Å²) in [6.45, 7) is 1.48. The Labute approximate surface area is 153 Å². The van der Waals surface area contributed by atoms with Crippen molar-refractivity contribution in [2.45, 2.75) is 19.8 Å². The molecule has 0 aliphatic carbocycles. The van der Waals surface area contributed by atoms with Gasteiger partial charge < -0.3 is 5.32 Å². The fourth-order valence-electron chi connectivity index (χ4n) is 2.30. The number of rotatable bonds is 8. The third-order valence-electron chi connectivity index (χ3n) is 3.72. The molecule has 0 saturated carbocycles. The Morgan fingerprint density at radius 2 is 1.80 bits per heavy atom. The monoisotopic (exact) mass is 380 g/mol. The number of amides is 1. The van der Waals surface area contributed by atoms with Gasteiger partial charge in [-0.05, 0) is 43.0 Å². The average Bonchev–Trinajstić information content (AvgIpc) is 2.58. The Balaban J connectivity index is 1.78. The van der Waals surface area contributed by atoms with Gasteiger partial charge in [-0.2, -0.15) is 0 Å². The first-order valence-corrected chi connectivity index (χ1v) is 9.96. The molecule has 7 heteroatoms. The van der Waals surface area contributed by atoms with Gasteiger partial charge in [-0.3, -0.25) is 4.79 Å². The molecule has 0 bridgehead atoms. The molecule has 134 valence electrons. The SMILES string of the molecule is Cc1c(Cl)cccc1NC(=O)CNS(=O)(=O)CCCc1ccccc1. The van der Waals surface area contributed by atoms with E-state index in [9.17, 15) is 13.2 Å². The van der Waals surface area contributed by atoms with Gasteiger partial charge in [0.2, 0.25) is 15.9 Å². The van der Waals surface area contributed by atoms with Crippen LogP contribution in [-0.2, 0) is 21.2 Å². The normalized spacial score (nSPS) is 11.3. The molecule has 1 amide bonds. The lowest BCUT2D eigenvalue weighted by Crippen LogP contribution is -2.34. The van der Waals surface area contributed by atoms with Crippen molar-refractivity contribution in [3.63, 3.8) is 0 Å². The van der Waals surface area contributed by atoms with Gasteiger partial charge in [-0.25, -0.2) is 13.1 Å². The smallest absolute Gasteiger partial charge is 0.239 e. The molecule has 0 atom stereocenters. The summed E-state index contributed by atoms with van der Waals surface area (Å²) >= 11 is 5.99. The quantitative estimate of drug-likeness (QED) is 0.738. The van der Waals surface area contributed by atoms with Gasteiger partial charge in [0.1, 0.15) is 0 Å². The lowest BCUT2D eigenvalue weighted by Gasteiger charge is -2.10. The van der Waals surface area contributed by atoms with Crippen LogP contribution in [0.3, 0.4) is 0 Å². The van der Waals surface area contributed by atoms with Crippen LogP contribution >= 0.6 is 11.6 Å². The molecule has 0 heterocycles. The fourth-order valence-corrected chi connectivity index (χ4v) is 3.49. The second-order valence-corrected chi connectivity index (χ2v) is 8.02. The van der Waals surface area contributed by atoms with Gasteiger partial charge in [0.05, 0.1) is 12.3 Å². The second kappa shape index (κ2) is 8.99. The highest BCUT2D eigenvalue weighted by molar-refractivity contribution is 7.89. The van der Waals surface area contributed by atoms with E-state index in [2.05, 4.69) is 10.0 Å². The molecule has 0 unspecified atom stereocenters. The third-order valence-corrected chi connectivity index (χ3v) is 5.54. The molecule has 25 heavy (non-hydrogen) atoms. The van der Waals surface area contributed by atoms with Gasteiger partial charge in [0, 0.05) is 10.7 Å². The van der Waals surface area contributed by atoms with Crippen LogP contribution in [0.1, 0.15) is 17.5 Å². The van der Waals surface area contributed by atoms with Gasteiger partial charge >= 0.3 is 0 Å². The first kappa shape index (κ1) is 19.4. The maximum atomic E-state index is 12.0. The van der Waals surface area contributed by atoms with E-state index >= 15 is 0 Å². The van der Waals surface area contributed by atoms with E-state index < -0.39 is 15.9 Å². The topological polar surface area (TPSA) is 75.3 Å². The summed E-state index contributed by atoms with van der Waals surface area (Å²) in [7, 11) is -3.49. The highest BCUT2D eigenvalue weighted by atomic mass is 35.5. The Kier molecular flexibility index (Phi) is 6.99. The summed E-state index contributed by atoms with van der Waals surface area (Å²) in [5.74, 6) is -0.456. The Hall–Kier alpha value is -1.89. The molecule has 0 aliphatic heterocycles. The first-order valence-electron chi connectivity index (χ1n) is 7.93. The molecule has 0 aliphatic rings. The maximum Gasteiger partial charge on any atom is 0.239 e. The lowest BCUT2D eigenvalue weighted by molar-refractivity contribution is -0.115. The molecular formula is C18H21ClN2O3S. The van der Waals surface area contributed by atoms with Crippen molar-refractivity contribution in [3.8, 4) is 0 Å². The van der Waals surface area contributed by atoms with Crippen LogP contribution in [0.15, 0.2) is 48.5 Å². The Morgan fingerprint density at radius 3 is 2.52 bits per heavy atom. The molecular weight excluding hydrogens is 360 g/mol. The number of hydrogen-bond acceptors (Lipinski definition) is 3. The highest BCUT2D eigenvalue weighted by Crippen LogP contribution is 2.22. The minimum Gasteiger partial charge on any atom is -0.325 e. The zero-order chi connectivity index (χ0) is 18.3. The number of sulfonamides is 1. The molecule has 5 nitrogen and oxygen atoms in total. The van der Waals surface area contributed by atoms with Crippen LogP contribution < -0.4 is 10.0 Å². The summed E-state index contributed by atoms with van der Waals surface area (Å²) in [6.07, 6.45) is 1.17. The van der Waals surface area contributed by atoms with Gasteiger partial charge in [0.15, 0.2) is 0 Å². The summed E-state index contributed by atoms with van der Waals surface area (Å²) in [5.41, 5.74) is 2.40. The summed E-state index contributed by atoms with van der Waals surface area (Å²) < 4.78 is 26.3. The van der Waals surface area contributed by atoms with Gasteiger partial charge in [0.25, 0.3) is 0 Å². The zero-order valence-corrected chi connectivity index (χ0v) is 15.5. The van der Waals surface area contributed by atoms with Crippen LogP contribution in [0.5, 0.6) is 0 Å². The number of halogens is 1. The first-order chi connectivity index (χ1) is 11.9. The summed E-state index contributed by atoms with van der Waals surface area (Å²) in [6, 6.07) is 14.8. The van der Waals surface area contributed by atoms with E-state index in [4.69, 9.17) is 11.6 Å². The summed E-state index contributed by atoms with van der Waals surface area (Å²) in [5, 5.41) is 3.20. The van der Waals surface area contributed by atoms with E-state index in [1.807, 2.05) is 30.3 Å². The van der Waals surface area contributed by atoms with Gasteiger partial charge in [-0.15, -0.1) is 0 Å². The standard InChI is InChI=1S/C18H21ClN2O3S/c1-14-16(19)10-5-11-17(14)21-18(22)13-20-25(23,24)12-6-9-15-7-3-2-4-8-15/h2-5,7-8,10-11,20H,6,9,12-13H2,1H3,(H,21,22). The van der Waals surface area contributed by atoms with Crippen LogP contribution in [0, 0.1) is 6.92 Å². The molecule has 0 saturated heterocycles. The van der Waals surface area contributed by atoms with Crippen LogP contribution in [-0.4, -0.2) is 26.6 Å². The molecule has 2 rings (SSSR count). The van der Waals surface area contributed by atoms with E-state index in [0.717, 1.165) is 11.1 Å². The number of benzene rings is 2. The Morgan fingerprint density at radius 1 is 1.08 bits per heavy atom. The van der Waals surface area contributed by atoms with E-state index in [1.54, 1.807) is 25.1 Å². The van der Waals surface area contributed by atoms with Crippen molar-refractivity contribution in [1.82, 2.24) is 4.72 Å². The van der Waals surface area contributed by atoms with Crippen molar-refractivity contribution < 1.29 is 13.2 Å². The fraction of sp³-hybridized carbons (Fsp3) is 0.278. The molecule has 2 aromatic rings. The molecule has 0 fully saturated rings. The van der Waals surface area contributed by atoms with Crippen molar-refractivity contribution in [3.05, 3.63) is 64.7 Å². The molecule has 2 N–H and O–H groups in total. The highest BCUT2D eigenvalue weighted by Gasteiger charge is 2.13. The maximum absolute atomic E-state index is 12.0.